The van der Waals surface area contributed by atoms with E-state index in [4.69, 9.17) is 4.74 Å². The van der Waals surface area contributed by atoms with Crippen molar-refractivity contribution >= 4 is 0 Å². The van der Waals surface area contributed by atoms with Gasteiger partial charge in [-0.1, -0.05) is 39.8 Å². The molecule has 1 aromatic rings. The van der Waals surface area contributed by atoms with Gasteiger partial charge >= 0.3 is 0 Å². The topological polar surface area (TPSA) is 9.23 Å². The van der Waals surface area contributed by atoms with Crippen LogP contribution in [-0.2, 0) is 0 Å². The summed E-state index contributed by atoms with van der Waals surface area (Å²) in [5.74, 6) is 1.56. The highest BCUT2D eigenvalue weighted by atomic mass is 16.5. The molecule has 0 amide bonds. The number of hydrogen-bond donors (Lipinski definition) is 0. The molecule has 0 bridgehead atoms. The van der Waals surface area contributed by atoms with E-state index in [2.05, 4.69) is 32.9 Å². The van der Waals surface area contributed by atoms with Gasteiger partial charge in [0.25, 0.3) is 0 Å². The molecular weight excluding hydrogens is 172 g/mol. The Morgan fingerprint density at radius 2 is 1.71 bits per heavy atom. The smallest absolute Gasteiger partial charge is 0.121 e. The summed E-state index contributed by atoms with van der Waals surface area (Å²) < 4.78 is 5.18. The summed E-state index contributed by atoms with van der Waals surface area (Å²) in [6, 6.07) is 6.34. The molecule has 0 saturated carbocycles. The zero-order chi connectivity index (χ0) is 11.1. The highest BCUT2D eigenvalue weighted by Crippen LogP contribution is 2.22. The highest BCUT2D eigenvalue weighted by molar-refractivity contribution is 5.37. The van der Waals surface area contributed by atoms with Crippen LogP contribution in [0.5, 0.6) is 5.75 Å². The van der Waals surface area contributed by atoms with Gasteiger partial charge in [0.15, 0.2) is 0 Å². The normalized spacial score (nSPS) is 9.36. The summed E-state index contributed by atoms with van der Waals surface area (Å²) >= 11 is 0. The fourth-order valence-corrected chi connectivity index (χ4v) is 1.26. The van der Waals surface area contributed by atoms with Crippen molar-refractivity contribution in [2.24, 2.45) is 0 Å². The Labute approximate surface area is 88.1 Å². The number of benzene rings is 1. The molecule has 0 aliphatic heterocycles. The van der Waals surface area contributed by atoms with Gasteiger partial charge in [0.1, 0.15) is 5.75 Å². The molecule has 0 heterocycles. The van der Waals surface area contributed by atoms with E-state index >= 15 is 0 Å². The number of rotatable bonds is 2. The van der Waals surface area contributed by atoms with E-state index in [1.54, 1.807) is 7.11 Å². The third kappa shape index (κ3) is 3.41. The molecule has 0 fully saturated rings. The molecule has 0 saturated heterocycles. The van der Waals surface area contributed by atoms with Crippen LogP contribution in [0.4, 0.5) is 0 Å². The van der Waals surface area contributed by atoms with Crippen molar-refractivity contribution in [2.75, 3.05) is 7.11 Å². The predicted molar refractivity (Wildman–Crippen MR) is 63.2 cm³/mol. The first-order valence-electron chi connectivity index (χ1n) is 5.29. The van der Waals surface area contributed by atoms with E-state index < -0.39 is 0 Å². The number of hydrogen-bond acceptors (Lipinski definition) is 1. The largest absolute Gasteiger partial charge is 0.496 e. The second-order valence-corrected chi connectivity index (χ2v) is 3.38. The van der Waals surface area contributed by atoms with E-state index in [1.165, 1.54) is 11.1 Å². The van der Waals surface area contributed by atoms with Crippen LogP contribution in [0.2, 0.25) is 0 Å². The lowest BCUT2D eigenvalue weighted by Gasteiger charge is -2.09. The van der Waals surface area contributed by atoms with Gasteiger partial charge in [0, 0.05) is 0 Å². The monoisotopic (exact) mass is 194 g/mol. The van der Waals surface area contributed by atoms with Crippen LogP contribution in [0.25, 0.3) is 0 Å². The molecule has 1 aromatic carbocycles. The number of methoxy groups -OCH3 is 1. The van der Waals surface area contributed by atoms with Gasteiger partial charge in [0.2, 0.25) is 0 Å². The Morgan fingerprint density at radius 1 is 1.14 bits per heavy atom. The summed E-state index contributed by atoms with van der Waals surface area (Å²) in [4.78, 5) is 0. The minimum Gasteiger partial charge on any atom is -0.496 e. The standard InChI is InChI=1S/C11H16O.C2H6/c1-8(2)10-5-6-11(12-4)9(3)7-10;1-2/h5-8H,1-4H3;1-2H3. The van der Waals surface area contributed by atoms with Crippen molar-refractivity contribution in [3.63, 3.8) is 0 Å². The maximum Gasteiger partial charge on any atom is 0.121 e. The van der Waals surface area contributed by atoms with Crippen molar-refractivity contribution in [3.8, 4) is 5.75 Å². The second-order valence-electron chi connectivity index (χ2n) is 3.38. The molecular formula is C13H22O. The first-order chi connectivity index (χ1) is 6.65. The Hall–Kier alpha value is -0.980. The third-order valence-electron chi connectivity index (χ3n) is 2.09. The van der Waals surface area contributed by atoms with Crippen molar-refractivity contribution in [3.05, 3.63) is 29.3 Å². The molecule has 1 nitrogen and oxygen atoms in total. The van der Waals surface area contributed by atoms with Crippen LogP contribution in [0.15, 0.2) is 18.2 Å². The van der Waals surface area contributed by atoms with Crippen molar-refractivity contribution in [1.29, 1.82) is 0 Å². The first-order valence-corrected chi connectivity index (χ1v) is 5.29. The minimum absolute atomic E-state index is 0.592. The van der Waals surface area contributed by atoms with Crippen molar-refractivity contribution < 1.29 is 4.74 Å². The van der Waals surface area contributed by atoms with E-state index in [0.29, 0.717) is 5.92 Å². The molecule has 0 atom stereocenters. The summed E-state index contributed by atoms with van der Waals surface area (Å²) in [6.45, 7) is 10.5. The quantitative estimate of drug-likeness (QED) is 0.687. The molecule has 0 aromatic heterocycles. The third-order valence-corrected chi connectivity index (χ3v) is 2.09. The van der Waals surface area contributed by atoms with Crippen molar-refractivity contribution in [1.82, 2.24) is 0 Å². The SMILES string of the molecule is CC.COc1ccc(C(C)C)cc1C. The molecule has 0 unspecified atom stereocenters. The van der Waals surface area contributed by atoms with Gasteiger partial charge in [-0.05, 0) is 30.0 Å². The Bertz CT molecular complexity index is 264. The molecule has 1 rings (SSSR count). The molecule has 80 valence electrons. The highest BCUT2D eigenvalue weighted by Gasteiger charge is 2.02. The summed E-state index contributed by atoms with van der Waals surface area (Å²) in [7, 11) is 1.71. The average molecular weight is 194 g/mol. The van der Waals surface area contributed by atoms with Gasteiger partial charge in [0.05, 0.1) is 7.11 Å². The zero-order valence-corrected chi connectivity index (χ0v) is 10.2. The lowest BCUT2D eigenvalue weighted by atomic mass is 10.0. The molecule has 0 spiro atoms. The van der Waals surface area contributed by atoms with Crippen LogP contribution in [-0.4, -0.2) is 7.11 Å². The maximum atomic E-state index is 5.18. The van der Waals surface area contributed by atoms with Gasteiger partial charge in [-0.25, -0.2) is 0 Å². The average Bonchev–Trinajstić information content (AvgIpc) is 2.20. The van der Waals surface area contributed by atoms with Crippen LogP contribution in [0.1, 0.15) is 44.7 Å². The minimum atomic E-state index is 0.592. The maximum absolute atomic E-state index is 5.18. The first kappa shape index (κ1) is 13.0. The Morgan fingerprint density at radius 3 is 2.07 bits per heavy atom. The summed E-state index contributed by atoms with van der Waals surface area (Å²) in [5.41, 5.74) is 2.58. The van der Waals surface area contributed by atoms with E-state index in [0.717, 1.165) is 5.75 Å². The predicted octanol–water partition coefficient (Wildman–Crippen LogP) is 4.15. The molecule has 1 heteroatoms. The van der Waals surface area contributed by atoms with E-state index in [9.17, 15) is 0 Å². The van der Waals surface area contributed by atoms with Crippen LogP contribution in [0, 0.1) is 6.92 Å². The molecule has 0 aliphatic carbocycles. The van der Waals surface area contributed by atoms with E-state index in [1.807, 2.05) is 19.9 Å². The lowest BCUT2D eigenvalue weighted by Crippen LogP contribution is -1.91. The van der Waals surface area contributed by atoms with Crippen molar-refractivity contribution in [2.45, 2.75) is 40.5 Å². The van der Waals surface area contributed by atoms with Gasteiger partial charge in [-0.3, -0.25) is 0 Å². The Balaban J connectivity index is 0.000000791. The Kier molecular flexibility index (Phi) is 6.02. The van der Waals surface area contributed by atoms with E-state index in [-0.39, 0.29) is 0 Å². The van der Waals surface area contributed by atoms with Crippen LogP contribution in [0.3, 0.4) is 0 Å². The van der Waals surface area contributed by atoms with Gasteiger partial charge in [-0.2, -0.15) is 0 Å². The fraction of sp³-hybridized carbons (Fsp3) is 0.538. The summed E-state index contributed by atoms with van der Waals surface area (Å²) in [5, 5.41) is 0. The van der Waals surface area contributed by atoms with Gasteiger partial charge < -0.3 is 4.74 Å². The van der Waals surface area contributed by atoms with Crippen LogP contribution >= 0.6 is 0 Å². The lowest BCUT2D eigenvalue weighted by molar-refractivity contribution is 0.411. The number of ether oxygens (including phenoxy) is 1. The van der Waals surface area contributed by atoms with Crippen LogP contribution < -0.4 is 4.74 Å². The molecule has 14 heavy (non-hydrogen) atoms. The second kappa shape index (κ2) is 6.47. The molecule has 0 N–H and O–H groups in total. The number of aryl methyl sites for hydroxylation is 1. The van der Waals surface area contributed by atoms with Gasteiger partial charge in [-0.15, -0.1) is 0 Å². The molecule has 0 aliphatic rings. The molecule has 0 radical (unpaired) electrons. The fourth-order valence-electron chi connectivity index (χ4n) is 1.26. The summed E-state index contributed by atoms with van der Waals surface area (Å²) in [6.07, 6.45) is 0. The zero-order valence-electron chi connectivity index (χ0n) is 10.2.